The van der Waals surface area contributed by atoms with Gasteiger partial charge in [0.1, 0.15) is 11.9 Å². The maximum Gasteiger partial charge on any atom is 0.332 e. The maximum atomic E-state index is 12.1. The molecule has 0 spiro atoms. The molecule has 26 heavy (non-hydrogen) atoms. The summed E-state index contributed by atoms with van der Waals surface area (Å²) < 4.78 is 2.29. The van der Waals surface area contributed by atoms with Crippen LogP contribution in [-0.2, 0) is 20.6 Å². The van der Waals surface area contributed by atoms with E-state index in [2.05, 4.69) is 22.3 Å². The lowest BCUT2D eigenvalue weighted by atomic mass is 10.1. The molecule has 0 aliphatic carbocycles. The van der Waals surface area contributed by atoms with Crippen molar-refractivity contribution in [3.8, 4) is 6.07 Å². The van der Waals surface area contributed by atoms with Gasteiger partial charge >= 0.3 is 5.69 Å². The number of hydrogen-bond acceptors (Lipinski definition) is 5. The first kappa shape index (κ1) is 18.0. The number of benzene rings is 1. The number of nitriles is 1. The SMILES string of the molecule is Cn1c(NCC2CCN(Cc3ccccc3)C2)c(C#N)c(=O)n(C)c1=O. The van der Waals surface area contributed by atoms with Crippen LogP contribution >= 0.6 is 0 Å². The Labute approximate surface area is 152 Å². The predicted molar refractivity (Wildman–Crippen MR) is 100.0 cm³/mol. The van der Waals surface area contributed by atoms with Gasteiger partial charge < -0.3 is 5.32 Å². The molecule has 0 saturated carbocycles. The van der Waals surface area contributed by atoms with E-state index in [1.807, 2.05) is 24.3 Å². The second-order valence-electron chi connectivity index (χ2n) is 6.80. The first-order chi connectivity index (χ1) is 12.5. The van der Waals surface area contributed by atoms with E-state index >= 15 is 0 Å². The molecule has 1 aromatic carbocycles. The Balaban J connectivity index is 1.67. The van der Waals surface area contributed by atoms with Gasteiger partial charge in [-0.2, -0.15) is 5.26 Å². The summed E-state index contributed by atoms with van der Waals surface area (Å²) in [5.41, 5.74) is 0.277. The van der Waals surface area contributed by atoms with Crippen LogP contribution < -0.4 is 16.6 Å². The molecule has 1 N–H and O–H groups in total. The normalized spacial score (nSPS) is 17.2. The summed E-state index contributed by atoms with van der Waals surface area (Å²) >= 11 is 0. The monoisotopic (exact) mass is 353 g/mol. The van der Waals surface area contributed by atoms with Crippen molar-refractivity contribution in [2.75, 3.05) is 25.0 Å². The van der Waals surface area contributed by atoms with Crippen LogP contribution in [0.15, 0.2) is 39.9 Å². The summed E-state index contributed by atoms with van der Waals surface area (Å²) in [4.78, 5) is 26.6. The van der Waals surface area contributed by atoms with E-state index < -0.39 is 11.2 Å². The Morgan fingerprint density at radius 3 is 2.62 bits per heavy atom. The van der Waals surface area contributed by atoms with Crippen molar-refractivity contribution in [3.63, 3.8) is 0 Å². The summed E-state index contributed by atoms with van der Waals surface area (Å²) in [6.07, 6.45) is 1.04. The predicted octanol–water partition coefficient (Wildman–Crippen LogP) is 0.890. The van der Waals surface area contributed by atoms with Crippen molar-refractivity contribution < 1.29 is 0 Å². The van der Waals surface area contributed by atoms with Gasteiger partial charge in [-0.1, -0.05) is 30.3 Å². The zero-order valence-electron chi connectivity index (χ0n) is 15.1. The minimum Gasteiger partial charge on any atom is -0.370 e. The first-order valence-electron chi connectivity index (χ1n) is 8.71. The third kappa shape index (κ3) is 3.55. The summed E-state index contributed by atoms with van der Waals surface area (Å²) in [5.74, 6) is 0.714. The largest absolute Gasteiger partial charge is 0.370 e. The third-order valence-electron chi connectivity index (χ3n) is 4.95. The number of likely N-dealkylation sites (tertiary alicyclic amines) is 1. The summed E-state index contributed by atoms with van der Waals surface area (Å²) in [7, 11) is 2.95. The van der Waals surface area contributed by atoms with Crippen molar-refractivity contribution in [1.29, 1.82) is 5.26 Å². The molecule has 7 nitrogen and oxygen atoms in total. The second-order valence-corrected chi connectivity index (χ2v) is 6.80. The second kappa shape index (κ2) is 7.58. The highest BCUT2D eigenvalue weighted by Crippen LogP contribution is 2.19. The van der Waals surface area contributed by atoms with Crippen molar-refractivity contribution >= 4 is 5.82 Å². The lowest BCUT2D eigenvalue weighted by Gasteiger charge is -2.18. The zero-order valence-corrected chi connectivity index (χ0v) is 15.1. The van der Waals surface area contributed by atoms with E-state index in [9.17, 15) is 14.9 Å². The number of nitrogens with zero attached hydrogens (tertiary/aromatic N) is 4. The third-order valence-corrected chi connectivity index (χ3v) is 4.95. The molecule has 1 aromatic heterocycles. The van der Waals surface area contributed by atoms with Crippen molar-refractivity contribution in [2.24, 2.45) is 20.0 Å². The topological polar surface area (TPSA) is 83.1 Å². The summed E-state index contributed by atoms with van der Waals surface area (Å²) in [5, 5.41) is 12.5. The fourth-order valence-electron chi connectivity index (χ4n) is 3.46. The average molecular weight is 353 g/mol. The van der Waals surface area contributed by atoms with Crippen LogP contribution in [0.4, 0.5) is 5.82 Å². The van der Waals surface area contributed by atoms with Gasteiger partial charge in [-0.3, -0.25) is 18.8 Å². The molecule has 1 unspecified atom stereocenters. The van der Waals surface area contributed by atoms with Gasteiger partial charge in [0.2, 0.25) is 0 Å². The maximum absolute atomic E-state index is 12.1. The number of hydrogen-bond donors (Lipinski definition) is 1. The highest BCUT2D eigenvalue weighted by Gasteiger charge is 2.23. The molecule has 2 aromatic rings. The van der Waals surface area contributed by atoms with Crippen molar-refractivity contribution in [1.82, 2.24) is 14.0 Å². The lowest BCUT2D eigenvalue weighted by molar-refractivity contribution is 0.319. The van der Waals surface area contributed by atoms with Crippen LogP contribution in [0.5, 0.6) is 0 Å². The van der Waals surface area contributed by atoms with Crippen LogP contribution in [0.3, 0.4) is 0 Å². The fraction of sp³-hybridized carbons (Fsp3) is 0.421. The van der Waals surface area contributed by atoms with E-state index in [4.69, 9.17) is 0 Å². The van der Waals surface area contributed by atoms with E-state index in [1.54, 1.807) is 7.05 Å². The highest BCUT2D eigenvalue weighted by molar-refractivity contribution is 5.51. The van der Waals surface area contributed by atoms with Crippen molar-refractivity contribution in [3.05, 3.63) is 62.3 Å². The van der Waals surface area contributed by atoms with Gasteiger partial charge in [0.15, 0.2) is 5.56 Å². The average Bonchev–Trinajstić information content (AvgIpc) is 3.10. The van der Waals surface area contributed by atoms with Crippen molar-refractivity contribution in [2.45, 2.75) is 13.0 Å². The Kier molecular flexibility index (Phi) is 5.24. The van der Waals surface area contributed by atoms with Gasteiger partial charge in [0.05, 0.1) is 0 Å². The molecule has 3 rings (SSSR count). The number of nitrogens with one attached hydrogen (secondary N) is 1. The molecule has 1 aliphatic heterocycles. The molecule has 1 fully saturated rings. The van der Waals surface area contributed by atoms with Crippen LogP contribution in [-0.4, -0.2) is 33.7 Å². The Morgan fingerprint density at radius 2 is 1.92 bits per heavy atom. The van der Waals surface area contributed by atoms with Crippen LogP contribution in [0.25, 0.3) is 0 Å². The Bertz CT molecular complexity index is 939. The zero-order chi connectivity index (χ0) is 18.7. The van der Waals surface area contributed by atoms with Crippen LogP contribution in [0, 0.1) is 17.2 Å². The molecule has 7 heteroatoms. The smallest absolute Gasteiger partial charge is 0.332 e. The first-order valence-corrected chi connectivity index (χ1v) is 8.71. The van der Waals surface area contributed by atoms with Gasteiger partial charge in [0.25, 0.3) is 5.56 Å². The molecule has 0 bridgehead atoms. The van der Waals surface area contributed by atoms with Gasteiger partial charge in [0, 0.05) is 33.7 Å². The minimum atomic E-state index is -0.560. The Hall–Kier alpha value is -2.85. The standard InChI is InChI=1S/C19H23N5O2/c1-22-17(16(10-20)18(25)23(2)19(22)26)21-11-15-8-9-24(13-15)12-14-6-4-3-5-7-14/h3-7,15,21H,8-9,11-13H2,1-2H3. The molecular weight excluding hydrogens is 330 g/mol. The number of anilines is 1. The van der Waals surface area contributed by atoms with E-state index in [0.717, 1.165) is 30.6 Å². The molecule has 0 radical (unpaired) electrons. The summed E-state index contributed by atoms with van der Waals surface area (Å²) in [6, 6.07) is 12.3. The Morgan fingerprint density at radius 1 is 1.19 bits per heavy atom. The van der Waals surface area contributed by atoms with E-state index in [-0.39, 0.29) is 5.56 Å². The molecule has 1 atom stereocenters. The van der Waals surface area contributed by atoms with E-state index in [0.29, 0.717) is 18.3 Å². The van der Waals surface area contributed by atoms with Gasteiger partial charge in [-0.05, 0) is 24.4 Å². The van der Waals surface area contributed by atoms with Crippen LogP contribution in [0.2, 0.25) is 0 Å². The minimum absolute atomic E-state index is 0.0197. The quantitative estimate of drug-likeness (QED) is 0.863. The molecule has 136 valence electrons. The molecule has 1 saturated heterocycles. The lowest BCUT2D eigenvalue weighted by Crippen LogP contribution is -2.40. The molecular formula is C19H23N5O2. The number of rotatable bonds is 5. The van der Waals surface area contributed by atoms with Gasteiger partial charge in [-0.15, -0.1) is 0 Å². The molecule has 0 amide bonds. The van der Waals surface area contributed by atoms with Crippen LogP contribution in [0.1, 0.15) is 17.5 Å². The van der Waals surface area contributed by atoms with E-state index in [1.165, 1.54) is 17.2 Å². The highest BCUT2D eigenvalue weighted by atomic mass is 16.2. The fourth-order valence-corrected chi connectivity index (χ4v) is 3.46. The molecule has 1 aliphatic rings. The van der Waals surface area contributed by atoms with Gasteiger partial charge in [-0.25, -0.2) is 4.79 Å². The number of aromatic nitrogens is 2. The molecule has 2 heterocycles. The summed E-state index contributed by atoms with van der Waals surface area (Å²) in [6.45, 7) is 3.51.